The number of hydrogen-bond acceptors (Lipinski definition) is 5. The molecule has 0 bridgehead atoms. The van der Waals surface area contributed by atoms with Gasteiger partial charge >= 0.3 is 6.03 Å². The van der Waals surface area contributed by atoms with Crippen molar-refractivity contribution in [1.29, 1.82) is 0 Å². The van der Waals surface area contributed by atoms with Crippen molar-refractivity contribution in [3.05, 3.63) is 29.3 Å². The van der Waals surface area contributed by atoms with Crippen LogP contribution in [0, 0.1) is 0 Å². The molecule has 0 unspecified atom stereocenters. The summed E-state index contributed by atoms with van der Waals surface area (Å²) < 4.78 is 1.13. The highest BCUT2D eigenvalue weighted by atomic mass is 32.1. The second kappa shape index (κ2) is 6.64. The number of carbonyl (C=O) groups is 2. The van der Waals surface area contributed by atoms with Gasteiger partial charge in [-0.15, -0.1) is 11.3 Å². The van der Waals surface area contributed by atoms with E-state index in [0.717, 1.165) is 15.2 Å². The molecule has 112 valence electrons. The summed E-state index contributed by atoms with van der Waals surface area (Å²) in [5.41, 5.74) is 0.966. The zero-order valence-corrected chi connectivity index (χ0v) is 13.0. The Hall–Kier alpha value is -1.99. The molecule has 7 heteroatoms. The van der Waals surface area contributed by atoms with Gasteiger partial charge in [0.1, 0.15) is 5.01 Å². The molecule has 0 saturated carbocycles. The normalized spacial score (nSPS) is 12.4. The maximum Gasteiger partial charge on any atom is 0.321 e. The highest BCUT2D eigenvalue weighted by molar-refractivity contribution is 7.18. The molecule has 0 spiro atoms. The number of hydrogen-bond donors (Lipinski definition) is 2. The lowest BCUT2D eigenvalue weighted by Crippen LogP contribution is -2.47. The molecule has 2 rings (SSSR count). The zero-order valence-electron chi connectivity index (χ0n) is 12.2. The second-order valence-electron chi connectivity index (χ2n) is 4.73. The van der Waals surface area contributed by atoms with Crippen molar-refractivity contribution < 1.29 is 9.59 Å². The average molecular weight is 306 g/mol. The minimum Gasteiger partial charge on any atom is -0.341 e. The van der Waals surface area contributed by atoms with E-state index < -0.39 is 12.1 Å². The molecule has 2 N–H and O–H groups in total. The predicted octanol–water partition coefficient (Wildman–Crippen LogP) is 1.57. The highest BCUT2D eigenvalue weighted by Crippen LogP contribution is 2.22. The molecule has 2 aromatic rings. The van der Waals surface area contributed by atoms with Crippen LogP contribution in [0.5, 0.6) is 0 Å². The van der Waals surface area contributed by atoms with Crippen molar-refractivity contribution in [2.45, 2.75) is 19.5 Å². The van der Waals surface area contributed by atoms with Crippen LogP contribution in [0.2, 0.25) is 0 Å². The molecule has 0 fully saturated rings. The molecule has 0 aliphatic rings. The molecule has 3 amide bonds. The molecule has 0 aliphatic carbocycles. The Morgan fingerprint density at radius 1 is 1.38 bits per heavy atom. The fourth-order valence-electron chi connectivity index (χ4n) is 1.82. The summed E-state index contributed by atoms with van der Waals surface area (Å²) >= 11 is 1.61. The number of urea groups is 1. The van der Waals surface area contributed by atoms with Crippen molar-refractivity contribution in [3.8, 4) is 0 Å². The van der Waals surface area contributed by atoms with Crippen molar-refractivity contribution in [2.75, 3.05) is 14.1 Å². The first-order chi connectivity index (χ1) is 10.0. The van der Waals surface area contributed by atoms with E-state index >= 15 is 0 Å². The van der Waals surface area contributed by atoms with Crippen molar-refractivity contribution in [1.82, 2.24) is 20.5 Å². The number of amides is 3. The Kier molecular flexibility index (Phi) is 4.87. The van der Waals surface area contributed by atoms with Crippen LogP contribution in [0.1, 0.15) is 11.9 Å². The van der Waals surface area contributed by atoms with Gasteiger partial charge in [-0.1, -0.05) is 12.1 Å². The second-order valence-corrected chi connectivity index (χ2v) is 5.85. The van der Waals surface area contributed by atoms with Gasteiger partial charge < -0.3 is 5.32 Å². The summed E-state index contributed by atoms with van der Waals surface area (Å²) in [6.45, 7) is 2.31. The van der Waals surface area contributed by atoms with Crippen LogP contribution in [-0.4, -0.2) is 42.0 Å². The lowest BCUT2D eigenvalue weighted by Gasteiger charge is -2.22. The molecule has 0 radical (unpaired) electrons. The maximum atomic E-state index is 11.9. The summed E-state index contributed by atoms with van der Waals surface area (Å²) in [5, 5.41) is 5.58. The third-order valence-electron chi connectivity index (χ3n) is 3.23. The van der Waals surface area contributed by atoms with E-state index in [9.17, 15) is 9.59 Å². The van der Waals surface area contributed by atoms with Crippen LogP contribution in [0.3, 0.4) is 0 Å². The third kappa shape index (κ3) is 3.77. The van der Waals surface area contributed by atoms with Gasteiger partial charge in [0.05, 0.1) is 22.8 Å². The largest absolute Gasteiger partial charge is 0.341 e. The zero-order chi connectivity index (χ0) is 15.4. The molecule has 0 aliphatic heterocycles. The Labute approximate surface area is 127 Å². The third-order valence-corrected chi connectivity index (χ3v) is 4.25. The number of benzene rings is 1. The monoisotopic (exact) mass is 306 g/mol. The van der Waals surface area contributed by atoms with E-state index in [1.165, 1.54) is 7.05 Å². The molecule has 0 saturated heterocycles. The predicted molar refractivity (Wildman–Crippen MR) is 83.1 cm³/mol. The summed E-state index contributed by atoms with van der Waals surface area (Å²) in [4.78, 5) is 29.4. The van der Waals surface area contributed by atoms with E-state index in [0.29, 0.717) is 6.54 Å². The van der Waals surface area contributed by atoms with Gasteiger partial charge in [-0.25, -0.2) is 9.78 Å². The molecular formula is C14H18N4O2S. The summed E-state index contributed by atoms with van der Waals surface area (Å²) in [5.74, 6) is -0.335. The smallest absolute Gasteiger partial charge is 0.321 e. The van der Waals surface area contributed by atoms with E-state index in [-0.39, 0.29) is 5.91 Å². The van der Waals surface area contributed by atoms with E-state index in [4.69, 9.17) is 0 Å². The summed E-state index contributed by atoms with van der Waals surface area (Å²) in [7, 11) is 3.30. The Bertz CT molecular complexity index is 622. The molecule has 1 aromatic heterocycles. The summed E-state index contributed by atoms with van der Waals surface area (Å²) in [6.07, 6.45) is 0. The van der Waals surface area contributed by atoms with Crippen LogP contribution in [0.4, 0.5) is 4.79 Å². The molecule has 1 aromatic carbocycles. The fourth-order valence-corrected chi connectivity index (χ4v) is 2.85. The van der Waals surface area contributed by atoms with Crippen LogP contribution in [0.15, 0.2) is 24.3 Å². The van der Waals surface area contributed by atoms with Crippen molar-refractivity contribution in [3.63, 3.8) is 0 Å². The number of likely N-dealkylation sites (N-methyl/N-ethyl adjacent to an activating group) is 1. The molecule has 21 heavy (non-hydrogen) atoms. The van der Waals surface area contributed by atoms with Crippen LogP contribution in [-0.2, 0) is 11.3 Å². The number of aromatic nitrogens is 1. The van der Waals surface area contributed by atoms with Gasteiger partial charge in [0.15, 0.2) is 0 Å². The Morgan fingerprint density at radius 3 is 2.76 bits per heavy atom. The molecule has 6 nitrogen and oxygen atoms in total. The number of rotatable bonds is 4. The molecule has 1 heterocycles. The van der Waals surface area contributed by atoms with Crippen molar-refractivity contribution in [2.24, 2.45) is 0 Å². The van der Waals surface area contributed by atoms with Crippen LogP contribution in [0.25, 0.3) is 10.2 Å². The van der Waals surface area contributed by atoms with Crippen molar-refractivity contribution >= 4 is 33.5 Å². The number of para-hydroxylation sites is 1. The van der Waals surface area contributed by atoms with Gasteiger partial charge in [-0.05, 0) is 26.1 Å². The van der Waals surface area contributed by atoms with E-state index in [1.807, 2.05) is 36.2 Å². The number of imide groups is 1. The number of thiazole rings is 1. The van der Waals surface area contributed by atoms with Gasteiger partial charge in [0.2, 0.25) is 5.91 Å². The minimum atomic E-state index is -0.500. The quantitative estimate of drug-likeness (QED) is 0.899. The number of nitrogens with zero attached hydrogens (tertiary/aromatic N) is 2. The minimum absolute atomic E-state index is 0.335. The van der Waals surface area contributed by atoms with Gasteiger partial charge in [-0.2, -0.15) is 0 Å². The van der Waals surface area contributed by atoms with Gasteiger partial charge in [0.25, 0.3) is 0 Å². The average Bonchev–Trinajstić information content (AvgIpc) is 2.88. The summed E-state index contributed by atoms with van der Waals surface area (Å²) in [6, 6.07) is 7.01. The Morgan fingerprint density at radius 2 is 2.10 bits per heavy atom. The van der Waals surface area contributed by atoms with Gasteiger partial charge in [-0.3, -0.25) is 15.0 Å². The SMILES string of the molecule is CNC(=O)NC(=O)[C@H](C)N(C)Cc1nc2ccccc2s1. The molecular weight excluding hydrogens is 288 g/mol. The van der Waals surface area contributed by atoms with Crippen LogP contribution >= 0.6 is 11.3 Å². The number of nitrogens with one attached hydrogen (secondary N) is 2. The lowest BCUT2D eigenvalue weighted by atomic mass is 10.3. The maximum absolute atomic E-state index is 11.9. The topological polar surface area (TPSA) is 74.3 Å². The lowest BCUT2D eigenvalue weighted by molar-refractivity contribution is -0.124. The fraction of sp³-hybridized carbons (Fsp3) is 0.357. The first-order valence-electron chi connectivity index (χ1n) is 6.58. The first-order valence-corrected chi connectivity index (χ1v) is 7.40. The number of carbonyl (C=O) groups excluding carboxylic acids is 2. The standard InChI is InChI=1S/C14H18N4O2S/c1-9(13(19)17-14(20)15-2)18(3)8-12-16-10-6-4-5-7-11(10)21-12/h4-7,9H,8H2,1-3H3,(H2,15,17,19,20)/t9-/m0/s1. The first kappa shape index (κ1) is 15.4. The van der Waals surface area contributed by atoms with Gasteiger partial charge in [0, 0.05) is 7.05 Å². The van der Waals surface area contributed by atoms with Crippen LogP contribution < -0.4 is 10.6 Å². The van der Waals surface area contributed by atoms with E-state index in [1.54, 1.807) is 18.3 Å². The highest BCUT2D eigenvalue weighted by Gasteiger charge is 2.20. The Balaban J connectivity index is 2.01. The number of fused-ring (bicyclic) bond motifs is 1. The van der Waals surface area contributed by atoms with E-state index in [2.05, 4.69) is 15.6 Å². The molecule has 1 atom stereocenters.